The number of rotatable bonds is 2. The molecule has 0 bridgehead atoms. The molecule has 0 heterocycles. The highest BCUT2D eigenvalue weighted by molar-refractivity contribution is 7.99. The highest BCUT2D eigenvalue weighted by atomic mass is 35.5. The van der Waals surface area contributed by atoms with Crippen molar-refractivity contribution in [2.24, 2.45) is 0 Å². The summed E-state index contributed by atoms with van der Waals surface area (Å²) in [5.41, 5.74) is 5.52. The second-order valence-corrected chi connectivity index (χ2v) is 3.94. The second kappa shape index (κ2) is 5.14. The number of thioether (sulfide) groups is 1. The smallest absolute Gasteiger partial charge is 0.147 e. The average molecular weight is 230 g/mol. The van der Waals surface area contributed by atoms with Gasteiger partial charge in [0.25, 0.3) is 0 Å². The van der Waals surface area contributed by atoms with Crippen LogP contribution in [0.1, 0.15) is 6.92 Å². The average Bonchev–Trinajstić information content (AvgIpc) is 2.14. The lowest BCUT2D eigenvalue weighted by atomic mass is 10.3. The maximum atomic E-state index is 12.9. The summed E-state index contributed by atoms with van der Waals surface area (Å²) >= 11 is 7.26. The molecule has 0 amide bonds. The minimum atomic E-state index is -0.485. The van der Waals surface area contributed by atoms with Crippen LogP contribution < -0.4 is 5.73 Å². The Bertz CT molecular complexity index is 395. The van der Waals surface area contributed by atoms with E-state index in [1.54, 1.807) is 6.92 Å². The third-order valence-electron chi connectivity index (χ3n) is 1.53. The van der Waals surface area contributed by atoms with Gasteiger partial charge in [-0.2, -0.15) is 0 Å². The minimum Gasteiger partial charge on any atom is -0.396 e. The fraction of sp³-hybridized carbons (Fsp3) is 0.200. The molecular formula is C10H9ClFNS. The Balaban J connectivity index is 2.85. The first-order chi connectivity index (χ1) is 6.65. The van der Waals surface area contributed by atoms with E-state index in [1.807, 2.05) is 0 Å². The second-order valence-electron chi connectivity index (χ2n) is 2.52. The zero-order chi connectivity index (χ0) is 10.6. The van der Waals surface area contributed by atoms with Crippen LogP contribution in [0.15, 0.2) is 17.0 Å². The molecule has 0 atom stereocenters. The van der Waals surface area contributed by atoms with E-state index in [9.17, 15) is 4.39 Å². The summed E-state index contributed by atoms with van der Waals surface area (Å²) in [6, 6.07) is 2.75. The third-order valence-corrected chi connectivity index (χ3v) is 2.89. The number of hydrogen-bond acceptors (Lipinski definition) is 2. The molecule has 0 aliphatic carbocycles. The molecule has 0 aliphatic rings. The maximum Gasteiger partial charge on any atom is 0.147 e. The summed E-state index contributed by atoms with van der Waals surface area (Å²) in [4.78, 5) is 0.758. The molecule has 4 heteroatoms. The monoisotopic (exact) mass is 229 g/mol. The van der Waals surface area contributed by atoms with Crippen molar-refractivity contribution in [1.29, 1.82) is 0 Å². The fourth-order valence-electron chi connectivity index (χ4n) is 0.841. The van der Waals surface area contributed by atoms with Crippen LogP contribution in [0.25, 0.3) is 0 Å². The van der Waals surface area contributed by atoms with Crippen LogP contribution >= 0.6 is 23.4 Å². The van der Waals surface area contributed by atoms with Crippen molar-refractivity contribution in [2.45, 2.75) is 11.8 Å². The van der Waals surface area contributed by atoms with E-state index in [2.05, 4.69) is 11.8 Å². The Kier molecular flexibility index (Phi) is 4.12. The van der Waals surface area contributed by atoms with Gasteiger partial charge in [-0.1, -0.05) is 17.5 Å². The van der Waals surface area contributed by atoms with Crippen LogP contribution in [-0.2, 0) is 0 Å². The van der Waals surface area contributed by atoms with Crippen molar-refractivity contribution < 1.29 is 4.39 Å². The van der Waals surface area contributed by atoms with Gasteiger partial charge in [0.2, 0.25) is 0 Å². The van der Waals surface area contributed by atoms with Crippen LogP contribution in [0.3, 0.4) is 0 Å². The molecule has 1 nitrogen and oxygen atoms in total. The summed E-state index contributed by atoms with van der Waals surface area (Å²) in [6.07, 6.45) is 0. The standard InChI is InChI=1S/C10H9ClFNS/c1-2-3-4-14-10-6-9(13)8(12)5-7(10)11/h5-6H,4,13H2,1H3. The third kappa shape index (κ3) is 2.83. The summed E-state index contributed by atoms with van der Waals surface area (Å²) < 4.78 is 12.9. The first-order valence-electron chi connectivity index (χ1n) is 3.92. The Morgan fingerprint density at radius 3 is 2.93 bits per heavy atom. The highest BCUT2D eigenvalue weighted by Crippen LogP contribution is 2.30. The number of halogens is 2. The van der Waals surface area contributed by atoms with Crippen molar-refractivity contribution >= 4 is 29.1 Å². The van der Waals surface area contributed by atoms with Gasteiger partial charge in [-0.25, -0.2) is 4.39 Å². The highest BCUT2D eigenvalue weighted by Gasteiger charge is 2.05. The van der Waals surface area contributed by atoms with Crippen LogP contribution in [-0.4, -0.2) is 5.75 Å². The van der Waals surface area contributed by atoms with E-state index >= 15 is 0 Å². The molecular weight excluding hydrogens is 221 g/mol. The van der Waals surface area contributed by atoms with Crippen molar-refractivity contribution in [2.75, 3.05) is 11.5 Å². The maximum absolute atomic E-state index is 12.9. The molecule has 0 radical (unpaired) electrons. The van der Waals surface area contributed by atoms with Gasteiger partial charge in [0.15, 0.2) is 0 Å². The van der Waals surface area contributed by atoms with E-state index in [-0.39, 0.29) is 5.69 Å². The molecule has 0 saturated carbocycles. The van der Waals surface area contributed by atoms with Gasteiger partial charge in [-0.3, -0.25) is 0 Å². The summed E-state index contributed by atoms with van der Waals surface area (Å²) in [5.74, 6) is 5.78. The molecule has 14 heavy (non-hydrogen) atoms. The van der Waals surface area contributed by atoms with Gasteiger partial charge in [0.1, 0.15) is 5.82 Å². The fourth-order valence-corrected chi connectivity index (χ4v) is 1.93. The van der Waals surface area contributed by atoms with Crippen LogP contribution in [0.2, 0.25) is 5.02 Å². The summed E-state index contributed by atoms with van der Waals surface area (Å²) in [5, 5.41) is 0.375. The molecule has 0 saturated heterocycles. The largest absolute Gasteiger partial charge is 0.396 e. The normalized spacial score (nSPS) is 9.36. The Labute approximate surface area is 91.8 Å². The first kappa shape index (κ1) is 11.2. The summed E-state index contributed by atoms with van der Waals surface area (Å²) in [6.45, 7) is 1.77. The van der Waals surface area contributed by atoms with Gasteiger partial charge in [-0.15, -0.1) is 17.7 Å². The minimum absolute atomic E-state index is 0.112. The molecule has 2 N–H and O–H groups in total. The molecule has 1 aromatic rings. The number of nitrogens with two attached hydrogens (primary N) is 1. The Hall–Kier alpha value is -0.850. The van der Waals surface area contributed by atoms with E-state index in [1.165, 1.54) is 23.9 Å². The number of benzene rings is 1. The lowest BCUT2D eigenvalue weighted by Gasteiger charge is -2.03. The van der Waals surface area contributed by atoms with Crippen molar-refractivity contribution in [3.05, 3.63) is 23.0 Å². The molecule has 0 fully saturated rings. The number of anilines is 1. The van der Waals surface area contributed by atoms with Gasteiger partial charge >= 0.3 is 0 Å². The number of hydrogen-bond donors (Lipinski definition) is 1. The van der Waals surface area contributed by atoms with Gasteiger partial charge in [-0.05, 0) is 19.1 Å². The lowest BCUT2D eigenvalue weighted by Crippen LogP contribution is -1.91. The molecule has 1 aromatic carbocycles. The molecule has 0 spiro atoms. The van der Waals surface area contributed by atoms with Crippen molar-refractivity contribution in [3.8, 4) is 11.8 Å². The number of nitrogen functional groups attached to an aromatic ring is 1. The molecule has 0 aliphatic heterocycles. The summed E-state index contributed by atoms with van der Waals surface area (Å²) in [7, 11) is 0. The van der Waals surface area contributed by atoms with Crippen molar-refractivity contribution in [3.63, 3.8) is 0 Å². The molecule has 0 unspecified atom stereocenters. The lowest BCUT2D eigenvalue weighted by molar-refractivity contribution is 0.631. The van der Waals surface area contributed by atoms with E-state index < -0.39 is 5.82 Å². The predicted octanol–water partition coefficient (Wildman–Crippen LogP) is 3.18. The molecule has 74 valence electrons. The molecule has 0 aromatic heterocycles. The van der Waals surface area contributed by atoms with Gasteiger partial charge in [0.05, 0.1) is 16.5 Å². The van der Waals surface area contributed by atoms with Crippen molar-refractivity contribution in [1.82, 2.24) is 0 Å². The molecule has 1 rings (SSSR count). The SMILES string of the molecule is CC#CCSc1cc(N)c(F)cc1Cl. The zero-order valence-electron chi connectivity index (χ0n) is 7.60. The first-order valence-corrected chi connectivity index (χ1v) is 5.28. The van der Waals surface area contributed by atoms with Crippen LogP contribution in [0.5, 0.6) is 0 Å². The topological polar surface area (TPSA) is 26.0 Å². The van der Waals surface area contributed by atoms with Gasteiger partial charge < -0.3 is 5.73 Å². The van der Waals surface area contributed by atoms with E-state index in [4.69, 9.17) is 17.3 Å². The Morgan fingerprint density at radius 1 is 1.57 bits per heavy atom. The van der Waals surface area contributed by atoms with E-state index in [0.717, 1.165) is 4.90 Å². The van der Waals surface area contributed by atoms with Crippen LogP contribution in [0, 0.1) is 17.7 Å². The van der Waals surface area contributed by atoms with Crippen LogP contribution in [0.4, 0.5) is 10.1 Å². The quantitative estimate of drug-likeness (QED) is 0.479. The zero-order valence-corrected chi connectivity index (χ0v) is 9.18. The Morgan fingerprint density at radius 2 is 2.29 bits per heavy atom. The van der Waals surface area contributed by atoms with Gasteiger partial charge in [0, 0.05) is 4.90 Å². The van der Waals surface area contributed by atoms with E-state index in [0.29, 0.717) is 10.8 Å². The predicted molar refractivity (Wildman–Crippen MR) is 60.0 cm³/mol.